The smallest absolute Gasteiger partial charge is 0.263 e. The molecule has 0 saturated heterocycles. The van der Waals surface area contributed by atoms with Gasteiger partial charge in [-0.2, -0.15) is 5.10 Å². The summed E-state index contributed by atoms with van der Waals surface area (Å²) in [7, 11) is -2.19. The van der Waals surface area contributed by atoms with E-state index < -0.39 is 15.9 Å². The fourth-order valence-corrected chi connectivity index (χ4v) is 3.48. The Kier molecular flexibility index (Phi) is 3.72. The Morgan fingerprint density at radius 3 is 2.71 bits per heavy atom. The van der Waals surface area contributed by atoms with Crippen LogP contribution in [0.1, 0.15) is 16.1 Å². The van der Waals surface area contributed by atoms with Crippen molar-refractivity contribution < 1.29 is 13.2 Å². The lowest BCUT2D eigenvalue weighted by Gasteiger charge is -2.10. The third-order valence-corrected chi connectivity index (χ3v) is 4.92. The van der Waals surface area contributed by atoms with E-state index in [0.717, 1.165) is 0 Å². The monoisotopic (exact) mass is 345 g/mol. The van der Waals surface area contributed by atoms with Crippen LogP contribution in [0.5, 0.6) is 0 Å². The lowest BCUT2D eigenvalue weighted by Crippen LogP contribution is -2.18. The van der Waals surface area contributed by atoms with E-state index in [2.05, 4.69) is 14.8 Å². The number of nitrogens with two attached hydrogens (primary N) is 1. The molecule has 0 saturated carbocycles. The number of fused-ring (bicyclic) bond motifs is 1. The summed E-state index contributed by atoms with van der Waals surface area (Å²) >= 11 is 0. The summed E-state index contributed by atoms with van der Waals surface area (Å²) in [5.74, 6) is -0.718. The lowest BCUT2D eigenvalue weighted by atomic mass is 10.2. The molecule has 3 rings (SSSR count). The Morgan fingerprint density at radius 2 is 2.00 bits per heavy atom. The molecule has 0 spiro atoms. The molecule has 0 bridgehead atoms. The Labute approximate surface area is 138 Å². The molecule has 0 radical (unpaired) electrons. The van der Waals surface area contributed by atoms with Crippen LogP contribution in [0.15, 0.2) is 41.4 Å². The second-order valence-corrected chi connectivity index (χ2v) is 6.95. The van der Waals surface area contributed by atoms with Crippen LogP contribution in [-0.4, -0.2) is 29.1 Å². The molecule has 3 N–H and O–H groups in total. The number of aryl methyl sites for hydroxylation is 2. The molecule has 8 nitrogen and oxygen atoms in total. The van der Waals surface area contributed by atoms with Gasteiger partial charge in [0.15, 0.2) is 5.65 Å². The summed E-state index contributed by atoms with van der Waals surface area (Å²) < 4.78 is 29.2. The number of sulfonamides is 1. The van der Waals surface area contributed by atoms with Gasteiger partial charge in [-0.05, 0) is 25.1 Å². The van der Waals surface area contributed by atoms with Gasteiger partial charge in [-0.15, -0.1) is 0 Å². The molecule has 124 valence electrons. The first kappa shape index (κ1) is 15.9. The third kappa shape index (κ3) is 2.69. The third-order valence-electron chi connectivity index (χ3n) is 3.59. The number of nitrogens with one attached hydrogen (secondary N) is 1. The van der Waals surface area contributed by atoms with E-state index in [1.165, 1.54) is 24.4 Å². The molecule has 0 fully saturated rings. The van der Waals surface area contributed by atoms with Crippen molar-refractivity contribution in [2.75, 3.05) is 4.72 Å². The molecule has 0 atom stereocenters. The van der Waals surface area contributed by atoms with E-state index in [1.807, 2.05) is 0 Å². The lowest BCUT2D eigenvalue weighted by molar-refractivity contribution is 0.100. The van der Waals surface area contributed by atoms with E-state index in [-0.39, 0.29) is 16.1 Å². The number of anilines is 1. The van der Waals surface area contributed by atoms with Crippen LogP contribution >= 0.6 is 0 Å². The van der Waals surface area contributed by atoms with Crippen molar-refractivity contribution in [2.45, 2.75) is 11.8 Å². The molecule has 1 aromatic carbocycles. The first-order chi connectivity index (χ1) is 11.3. The molecule has 3 aromatic rings. The largest absolute Gasteiger partial charge is 0.366 e. The minimum atomic E-state index is -3.93. The van der Waals surface area contributed by atoms with Gasteiger partial charge >= 0.3 is 0 Å². The molecule has 24 heavy (non-hydrogen) atoms. The van der Waals surface area contributed by atoms with Crippen LogP contribution in [0.4, 0.5) is 5.69 Å². The highest BCUT2D eigenvalue weighted by Gasteiger charge is 2.19. The van der Waals surface area contributed by atoms with Crippen molar-refractivity contribution >= 4 is 32.7 Å². The first-order valence-electron chi connectivity index (χ1n) is 7.00. The van der Waals surface area contributed by atoms with Gasteiger partial charge in [-0.3, -0.25) is 14.2 Å². The molecule has 0 aliphatic heterocycles. The van der Waals surface area contributed by atoms with Gasteiger partial charge in [0.2, 0.25) is 0 Å². The number of rotatable bonds is 4. The molecular weight excluding hydrogens is 330 g/mol. The highest BCUT2D eigenvalue weighted by molar-refractivity contribution is 7.92. The summed E-state index contributed by atoms with van der Waals surface area (Å²) in [5, 5.41) is 4.85. The average molecular weight is 345 g/mol. The summed E-state index contributed by atoms with van der Waals surface area (Å²) in [4.78, 5) is 15.6. The minimum Gasteiger partial charge on any atom is -0.366 e. The Morgan fingerprint density at radius 1 is 1.29 bits per heavy atom. The van der Waals surface area contributed by atoms with Gasteiger partial charge in [0, 0.05) is 18.6 Å². The average Bonchev–Trinajstić information content (AvgIpc) is 2.81. The van der Waals surface area contributed by atoms with Gasteiger partial charge in [-0.25, -0.2) is 13.4 Å². The number of carbonyl (C=O) groups is 1. The van der Waals surface area contributed by atoms with Gasteiger partial charge in [0.05, 0.1) is 16.9 Å². The fraction of sp³-hybridized carbons (Fsp3) is 0.133. The van der Waals surface area contributed by atoms with Crippen LogP contribution in [0, 0.1) is 6.92 Å². The first-order valence-corrected chi connectivity index (χ1v) is 8.49. The normalized spacial score (nSPS) is 11.6. The summed E-state index contributed by atoms with van der Waals surface area (Å²) in [5.41, 5.74) is 6.74. The zero-order valence-corrected chi connectivity index (χ0v) is 13.8. The van der Waals surface area contributed by atoms with Gasteiger partial charge < -0.3 is 5.73 Å². The van der Waals surface area contributed by atoms with E-state index in [0.29, 0.717) is 16.7 Å². The van der Waals surface area contributed by atoms with E-state index in [4.69, 9.17) is 5.73 Å². The van der Waals surface area contributed by atoms with Crippen LogP contribution in [-0.2, 0) is 17.1 Å². The van der Waals surface area contributed by atoms with E-state index in [9.17, 15) is 13.2 Å². The number of benzene rings is 1. The number of nitrogens with zero attached hydrogens (tertiary/aromatic N) is 3. The summed E-state index contributed by atoms with van der Waals surface area (Å²) in [6, 6.07) is 7.63. The zero-order valence-electron chi connectivity index (χ0n) is 13.0. The number of para-hydroxylation sites is 1. The fourth-order valence-electron chi connectivity index (χ4n) is 2.43. The van der Waals surface area contributed by atoms with Crippen molar-refractivity contribution in [2.24, 2.45) is 12.8 Å². The molecular formula is C15H15N5O3S. The quantitative estimate of drug-likeness (QED) is 0.735. The topological polar surface area (TPSA) is 120 Å². The maximum atomic E-state index is 12.6. The predicted octanol–water partition coefficient (Wildman–Crippen LogP) is 1.18. The number of hydrogen-bond acceptors (Lipinski definition) is 5. The molecule has 0 aliphatic carbocycles. The number of carbonyl (C=O) groups excluding carboxylic acids is 1. The number of pyridine rings is 1. The van der Waals surface area contributed by atoms with Crippen molar-refractivity contribution in [3.8, 4) is 0 Å². The Hall–Kier alpha value is -2.94. The van der Waals surface area contributed by atoms with Crippen molar-refractivity contribution in [1.82, 2.24) is 14.8 Å². The van der Waals surface area contributed by atoms with Gasteiger partial charge in [0.25, 0.3) is 15.9 Å². The SMILES string of the molecule is Cc1nn(C)c2ncc(S(=O)(=O)Nc3ccccc3C(N)=O)cc12. The molecule has 2 aromatic heterocycles. The van der Waals surface area contributed by atoms with E-state index in [1.54, 1.807) is 30.8 Å². The summed E-state index contributed by atoms with van der Waals surface area (Å²) in [6.45, 7) is 1.77. The Balaban J connectivity index is 2.06. The number of amides is 1. The zero-order chi connectivity index (χ0) is 17.5. The van der Waals surface area contributed by atoms with Gasteiger partial charge in [-0.1, -0.05) is 12.1 Å². The standard InChI is InChI=1S/C15H15N5O3S/c1-9-12-7-10(8-17-15(12)20(2)18-9)24(22,23)19-13-6-4-3-5-11(13)14(16)21/h3-8,19H,1-2H3,(H2,16,21). The molecule has 0 aliphatic rings. The highest BCUT2D eigenvalue weighted by Crippen LogP contribution is 2.23. The van der Waals surface area contributed by atoms with Crippen LogP contribution in [0.2, 0.25) is 0 Å². The summed E-state index contributed by atoms with van der Waals surface area (Å²) in [6.07, 6.45) is 1.25. The number of primary amides is 1. The van der Waals surface area contributed by atoms with Crippen molar-refractivity contribution in [1.29, 1.82) is 0 Å². The van der Waals surface area contributed by atoms with Crippen molar-refractivity contribution in [3.05, 3.63) is 47.8 Å². The maximum absolute atomic E-state index is 12.6. The van der Waals surface area contributed by atoms with E-state index >= 15 is 0 Å². The van der Waals surface area contributed by atoms with Crippen molar-refractivity contribution in [3.63, 3.8) is 0 Å². The second-order valence-electron chi connectivity index (χ2n) is 5.27. The highest BCUT2D eigenvalue weighted by atomic mass is 32.2. The van der Waals surface area contributed by atoms with Gasteiger partial charge in [0.1, 0.15) is 4.90 Å². The molecule has 1 amide bonds. The Bertz CT molecular complexity index is 1060. The molecule has 2 heterocycles. The maximum Gasteiger partial charge on any atom is 0.263 e. The second kappa shape index (κ2) is 5.60. The molecule has 0 unspecified atom stereocenters. The number of hydrogen-bond donors (Lipinski definition) is 2. The van der Waals surface area contributed by atoms with Crippen LogP contribution < -0.4 is 10.5 Å². The van der Waals surface area contributed by atoms with Crippen LogP contribution in [0.3, 0.4) is 0 Å². The molecule has 9 heteroatoms. The minimum absolute atomic E-state index is 0.0228. The van der Waals surface area contributed by atoms with Crippen LogP contribution in [0.25, 0.3) is 11.0 Å². The number of aromatic nitrogens is 3. The predicted molar refractivity (Wildman–Crippen MR) is 89.0 cm³/mol.